The Hall–Kier alpha value is -3.54. The van der Waals surface area contributed by atoms with E-state index >= 15 is 0 Å². The Morgan fingerprint density at radius 3 is 2.21 bits per heavy atom. The standard InChI is InChI=1S/C32H38F2N2O2/c1-20(2)17-29(36-30(37)25-9-8-10-27(19-25)38-31(33)34)22(4)35-28-16-13-24(18-21(28)3)23-11-14-26(15-12-23)32(5,6)7/h8-16,18-20,29,31H,17H2,1-7H3,(H,36,37). The van der Waals surface area contributed by atoms with Crippen molar-refractivity contribution < 1.29 is 18.3 Å². The number of nitrogens with zero attached hydrogens (tertiary/aromatic N) is 1. The molecule has 0 aliphatic carbocycles. The predicted octanol–water partition coefficient (Wildman–Crippen LogP) is 8.50. The number of carbonyl (C=O) groups excluding carboxylic acids is 1. The number of carbonyl (C=O) groups is 1. The molecule has 202 valence electrons. The molecule has 3 aromatic rings. The molecule has 3 rings (SSSR count). The van der Waals surface area contributed by atoms with Crippen LogP contribution < -0.4 is 10.1 Å². The summed E-state index contributed by atoms with van der Waals surface area (Å²) in [5.41, 5.74) is 6.57. The quantitative estimate of drug-likeness (QED) is 0.288. The first-order valence-corrected chi connectivity index (χ1v) is 13.0. The van der Waals surface area contributed by atoms with Crippen LogP contribution in [0.3, 0.4) is 0 Å². The summed E-state index contributed by atoms with van der Waals surface area (Å²) in [7, 11) is 0. The molecule has 4 nitrogen and oxygen atoms in total. The Kier molecular flexibility index (Phi) is 9.42. The van der Waals surface area contributed by atoms with Crippen LogP contribution in [0.5, 0.6) is 5.75 Å². The van der Waals surface area contributed by atoms with Crippen LogP contribution in [0.4, 0.5) is 14.5 Å². The van der Waals surface area contributed by atoms with Crippen molar-refractivity contribution in [3.8, 4) is 16.9 Å². The van der Waals surface area contributed by atoms with E-state index in [4.69, 9.17) is 4.99 Å². The van der Waals surface area contributed by atoms with E-state index in [1.807, 2.05) is 19.9 Å². The largest absolute Gasteiger partial charge is 0.435 e. The van der Waals surface area contributed by atoms with E-state index in [1.54, 1.807) is 6.07 Å². The van der Waals surface area contributed by atoms with Gasteiger partial charge in [-0.15, -0.1) is 0 Å². The average molecular weight is 521 g/mol. The van der Waals surface area contributed by atoms with Crippen molar-refractivity contribution >= 4 is 17.3 Å². The minimum absolute atomic E-state index is 0.0535. The van der Waals surface area contributed by atoms with Crippen LogP contribution in [0.1, 0.15) is 69.4 Å². The Labute approximate surface area is 225 Å². The van der Waals surface area contributed by atoms with Crippen molar-refractivity contribution in [3.63, 3.8) is 0 Å². The van der Waals surface area contributed by atoms with Gasteiger partial charge in [0.15, 0.2) is 0 Å². The fraction of sp³-hybridized carbons (Fsp3) is 0.375. The van der Waals surface area contributed by atoms with Crippen molar-refractivity contribution in [2.24, 2.45) is 10.9 Å². The third kappa shape index (κ3) is 7.98. The van der Waals surface area contributed by atoms with Crippen molar-refractivity contribution in [1.82, 2.24) is 5.32 Å². The maximum absolute atomic E-state index is 13.0. The van der Waals surface area contributed by atoms with Crippen molar-refractivity contribution in [2.45, 2.75) is 73.0 Å². The van der Waals surface area contributed by atoms with Gasteiger partial charge in [-0.05, 0) is 84.2 Å². The zero-order valence-electron chi connectivity index (χ0n) is 23.3. The fourth-order valence-corrected chi connectivity index (χ4v) is 4.25. The van der Waals surface area contributed by atoms with E-state index in [-0.39, 0.29) is 28.7 Å². The predicted molar refractivity (Wildman–Crippen MR) is 152 cm³/mol. The molecule has 0 saturated heterocycles. The van der Waals surface area contributed by atoms with Gasteiger partial charge in [0.1, 0.15) is 5.75 Å². The summed E-state index contributed by atoms with van der Waals surface area (Å²) >= 11 is 0. The van der Waals surface area contributed by atoms with Crippen molar-refractivity contribution in [2.75, 3.05) is 0 Å². The molecule has 0 aromatic heterocycles. The van der Waals surface area contributed by atoms with Gasteiger partial charge in [-0.2, -0.15) is 8.78 Å². The molecule has 0 bridgehead atoms. The summed E-state index contributed by atoms with van der Waals surface area (Å²) in [6, 6.07) is 20.3. The summed E-state index contributed by atoms with van der Waals surface area (Å²) < 4.78 is 29.6. The number of hydrogen-bond acceptors (Lipinski definition) is 3. The lowest BCUT2D eigenvalue weighted by Crippen LogP contribution is -2.40. The number of aryl methyl sites for hydroxylation is 1. The third-order valence-electron chi connectivity index (χ3n) is 6.42. The van der Waals surface area contributed by atoms with Crippen LogP contribution in [0, 0.1) is 12.8 Å². The number of rotatable bonds is 9. The van der Waals surface area contributed by atoms with E-state index in [1.165, 1.54) is 23.8 Å². The molecule has 0 saturated carbocycles. The molecule has 3 aromatic carbocycles. The molecule has 0 aliphatic heterocycles. The van der Waals surface area contributed by atoms with Crippen molar-refractivity contribution in [1.29, 1.82) is 0 Å². The van der Waals surface area contributed by atoms with Crippen molar-refractivity contribution in [3.05, 3.63) is 83.4 Å². The maximum atomic E-state index is 13.0. The van der Waals surface area contributed by atoms with Crippen LogP contribution in [0.25, 0.3) is 11.1 Å². The summed E-state index contributed by atoms with van der Waals surface area (Å²) in [4.78, 5) is 17.9. The molecule has 6 heteroatoms. The average Bonchev–Trinajstić information content (AvgIpc) is 2.83. The van der Waals surface area contributed by atoms with E-state index in [9.17, 15) is 13.6 Å². The molecule has 0 aliphatic rings. The van der Waals surface area contributed by atoms with E-state index in [0.29, 0.717) is 12.3 Å². The second-order valence-corrected chi connectivity index (χ2v) is 11.1. The highest BCUT2D eigenvalue weighted by molar-refractivity contribution is 5.99. The zero-order chi connectivity index (χ0) is 28.0. The summed E-state index contributed by atoms with van der Waals surface area (Å²) in [5.74, 6) is -0.114. The number of hydrogen-bond donors (Lipinski definition) is 1. The highest BCUT2D eigenvalue weighted by Gasteiger charge is 2.19. The van der Waals surface area contributed by atoms with Crippen LogP contribution >= 0.6 is 0 Å². The van der Waals surface area contributed by atoms with Crippen LogP contribution in [0.2, 0.25) is 0 Å². The first kappa shape index (κ1) is 29.0. The Balaban J connectivity index is 1.81. The number of alkyl halides is 2. The smallest absolute Gasteiger partial charge is 0.387 e. The van der Waals surface area contributed by atoms with Gasteiger partial charge < -0.3 is 10.1 Å². The Bertz CT molecular complexity index is 1280. The molecule has 1 N–H and O–H groups in total. The minimum Gasteiger partial charge on any atom is -0.435 e. The minimum atomic E-state index is -2.95. The molecular formula is C32H38F2N2O2. The SMILES string of the molecule is CC(=Nc1ccc(-c2ccc(C(C)(C)C)cc2)cc1C)C(CC(C)C)NC(=O)c1cccc(OC(F)F)c1. The monoisotopic (exact) mass is 520 g/mol. The number of ether oxygens (including phenoxy) is 1. The number of nitrogens with one attached hydrogen (secondary N) is 1. The lowest BCUT2D eigenvalue weighted by molar-refractivity contribution is -0.0498. The van der Waals surface area contributed by atoms with Gasteiger partial charge in [-0.3, -0.25) is 9.79 Å². The lowest BCUT2D eigenvalue weighted by Gasteiger charge is -2.21. The van der Waals surface area contributed by atoms with E-state index in [2.05, 4.69) is 81.1 Å². The molecule has 1 unspecified atom stereocenters. The molecule has 0 radical (unpaired) electrons. The van der Waals surface area contributed by atoms with Gasteiger partial charge in [-0.25, -0.2) is 0 Å². The molecular weight excluding hydrogens is 482 g/mol. The third-order valence-corrected chi connectivity index (χ3v) is 6.42. The highest BCUT2D eigenvalue weighted by atomic mass is 19.3. The second kappa shape index (κ2) is 12.3. The molecule has 0 fully saturated rings. The first-order chi connectivity index (χ1) is 17.8. The number of halogens is 2. The van der Waals surface area contributed by atoms with Crippen LogP contribution in [-0.4, -0.2) is 24.3 Å². The van der Waals surface area contributed by atoms with E-state index < -0.39 is 6.61 Å². The number of benzene rings is 3. The molecule has 0 heterocycles. The van der Waals surface area contributed by atoms with Gasteiger partial charge in [0.2, 0.25) is 0 Å². The van der Waals surface area contributed by atoms with Gasteiger partial charge in [-0.1, -0.05) is 71.0 Å². The van der Waals surface area contributed by atoms with Crippen LogP contribution in [-0.2, 0) is 5.41 Å². The Morgan fingerprint density at radius 2 is 1.63 bits per heavy atom. The summed E-state index contributed by atoms with van der Waals surface area (Å²) in [6.07, 6.45) is 0.686. The first-order valence-electron chi connectivity index (χ1n) is 13.0. The maximum Gasteiger partial charge on any atom is 0.387 e. The van der Waals surface area contributed by atoms with E-state index in [0.717, 1.165) is 28.1 Å². The normalized spacial score (nSPS) is 13.1. The Morgan fingerprint density at radius 1 is 0.974 bits per heavy atom. The van der Waals surface area contributed by atoms with Crippen LogP contribution in [0.15, 0.2) is 71.7 Å². The molecule has 1 amide bonds. The molecule has 0 spiro atoms. The van der Waals surface area contributed by atoms with Gasteiger partial charge in [0.25, 0.3) is 5.91 Å². The fourth-order valence-electron chi connectivity index (χ4n) is 4.25. The topological polar surface area (TPSA) is 50.7 Å². The van der Waals surface area contributed by atoms with Gasteiger partial charge >= 0.3 is 6.61 Å². The number of aliphatic imine (C=N–C) groups is 1. The van der Waals surface area contributed by atoms with Gasteiger partial charge in [0, 0.05) is 11.3 Å². The lowest BCUT2D eigenvalue weighted by atomic mass is 9.86. The number of amides is 1. The van der Waals surface area contributed by atoms with Gasteiger partial charge in [0.05, 0.1) is 11.7 Å². The summed E-state index contributed by atoms with van der Waals surface area (Å²) in [6.45, 7) is 11.8. The molecule has 1 atom stereocenters. The highest BCUT2D eigenvalue weighted by Crippen LogP contribution is 2.30. The zero-order valence-corrected chi connectivity index (χ0v) is 23.3. The summed E-state index contributed by atoms with van der Waals surface area (Å²) in [5, 5.41) is 3.03. The molecule has 38 heavy (non-hydrogen) atoms. The second-order valence-electron chi connectivity index (χ2n) is 11.1.